The van der Waals surface area contributed by atoms with Crippen LogP contribution in [0.15, 0.2) is 23.2 Å². The Kier molecular flexibility index (Phi) is 5.29. The number of carbonyl (C=O) groups excluding carboxylic acids is 1. The number of anilines is 1. The third-order valence-electron chi connectivity index (χ3n) is 3.96. The number of hydrogen-bond donors (Lipinski definition) is 0. The normalized spacial score (nSPS) is 26.0. The zero-order chi connectivity index (χ0) is 18.2. The minimum Gasteiger partial charge on any atom is -0.495 e. The summed E-state index contributed by atoms with van der Waals surface area (Å²) in [5, 5.41) is 0.725. The Morgan fingerprint density at radius 2 is 2.16 bits per heavy atom. The van der Waals surface area contributed by atoms with Crippen LogP contribution in [0.4, 0.5) is 5.69 Å². The first kappa shape index (κ1) is 18.5. The summed E-state index contributed by atoms with van der Waals surface area (Å²) in [6, 6.07) is 4.75. The molecule has 136 valence electrons. The lowest BCUT2D eigenvalue weighted by molar-refractivity contribution is -0.121. The van der Waals surface area contributed by atoms with Crippen molar-refractivity contribution in [2.75, 3.05) is 37.2 Å². The van der Waals surface area contributed by atoms with Gasteiger partial charge in [0, 0.05) is 17.4 Å². The number of benzene rings is 1. The number of fused-ring (bicyclic) bond motifs is 1. The largest absolute Gasteiger partial charge is 0.495 e. The standard InChI is InChI=1S/C15H17ClN2O5S2/c1-22-6-14(19)17-15-18(10-5-9(16)3-4-12(10)23-2)11-7-25(20,21)8-13(11)24-15/h3-5,11,13H,6-8H2,1-2H3. The molecule has 0 N–H and O–H groups in total. The van der Waals surface area contributed by atoms with E-state index in [1.165, 1.54) is 26.0 Å². The van der Waals surface area contributed by atoms with Gasteiger partial charge in [0.15, 0.2) is 15.0 Å². The van der Waals surface area contributed by atoms with Crippen LogP contribution in [0.1, 0.15) is 0 Å². The predicted octanol–water partition coefficient (Wildman–Crippen LogP) is 1.60. The van der Waals surface area contributed by atoms with Crippen LogP contribution in [0, 0.1) is 0 Å². The van der Waals surface area contributed by atoms with Gasteiger partial charge in [0.1, 0.15) is 12.4 Å². The number of ether oxygens (including phenoxy) is 2. The molecular weight excluding hydrogens is 388 g/mol. The molecule has 2 aliphatic rings. The fourth-order valence-corrected chi connectivity index (χ4v) is 7.05. The molecule has 0 radical (unpaired) electrons. The summed E-state index contributed by atoms with van der Waals surface area (Å²) >= 11 is 7.41. The van der Waals surface area contributed by atoms with Gasteiger partial charge in [-0.25, -0.2) is 8.42 Å². The van der Waals surface area contributed by atoms with Crippen molar-refractivity contribution < 1.29 is 22.7 Å². The molecule has 2 aliphatic heterocycles. The van der Waals surface area contributed by atoms with E-state index in [1.807, 2.05) is 0 Å². The Hall–Kier alpha value is -1.29. The number of thioether (sulfide) groups is 1. The summed E-state index contributed by atoms with van der Waals surface area (Å²) in [4.78, 5) is 17.8. The van der Waals surface area contributed by atoms with E-state index >= 15 is 0 Å². The van der Waals surface area contributed by atoms with Crippen molar-refractivity contribution in [3.63, 3.8) is 0 Å². The van der Waals surface area contributed by atoms with Crippen molar-refractivity contribution in [1.29, 1.82) is 0 Å². The summed E-state index contributed by atoms with van der Waals surface area (Å²) < 4.78 is 34.3. The Bertz CT molecular complexity index is 827. The zero-order valence-electron chi connectivity index (χ0n) is 13.6. The van der Waals surface area contributed by atoms with Crippen molar-refractivity contribution in [3.8, 4) is 5.75 Å². The van der Waals surface area contributed by atoms with Crippen LogP contribution in [-0.2, 0) is 19.4 Å². The predicted molar refractivity (Wildman–Crippen MR) is 98.6 cm³/mol. The van der Waals surface area contributed by atoms with Crippen molar-refractivity contribution in [1.82, 2.24) is 0 Å². The number of sulfone groups is 1. The van der Waals surface area contributed by atoms with Gasteiger partial charge in [-0.1, -0.05) is 23.4 Å². The second-order valence-electron chi connectivity index (χ2n) is 5.71. The summed E-state index contributed by atoms with van der Waals surface area (Å²) in [5.74, 6) is 0.150. The van der Waals surface area contributed by atoms with E-state index < -0.39 is 15.7 Å². The lowest BCUT2D eigenvalue weighted by atomic mass is 10.2. The van der Waals surface area contributed by atoms with Crippen LogP contribution < -0.4 is 9.64 Å². The summed E-state index contributed by atoms with van der Waals surface area (Å²) in [7, 11) is -0.204. The van der Waals surface area contributed by atoms with Gasteiger partial charge in [0.05, 0.1) is 30.3 Å². The van der Waals surface area contributed by atoms with Gasteiger partial charge in [0.2, 0.25) is 0 Å². The molecule has 2 unspecified atom stereocenters. The van der Waals surface area contributed by atoms with Crippen LogP contribution >= 0.6 is 23.4 Å². The molecular formula is C15H17ClN2O5S2. The highest BCUT2D eigenvalue weighted by molar-refractivity contribution is 8.16. The molecule has 10 heteroatoms. The van der Waals surface area contributed by atoms with E-state index in [2.05, 4.69) is 4.99 Å². The van der Waals surface area contributed by atoms with Gasteiger partial charge in [-0.15, -0.1) is 0 Å². The number of amidine groups is 1. The first-order valence-electron chi connectivity index (χ1n) is 7.45. The maximum Gasteiger partial charge on any atom is 0.274 e. The Labute approximate surface area is 155 Å². The molecule has 3 rings (SSSR count). The molecule has 2 fully saturated rings. The molecule has 2 heterocycles. The molecule has 25 heavy (non-hydrogen) atoms. The number of amides is 1. The van der Waals surface area contributed by atoms with Crippen LogP contribution in [0.5, 0.6) is 5.75 Å². The molecule has 1 amide bonds. The van der Waals surface area contributed by atoms with Crippen molar-refractivity contribution >= 4 is 50.0 Å². The van der Waals surface area contributed by atoms with Gasteiger partial charge < -0.3 is 14.4 Å². The smallest absolute Gasteiger partial charge is 0.274 e. The van der Waals surface area contributed by atoms with Crippen molar-refractivity contribution in [3.05, 3.63) is 23.2 Å². The maximum atomic E-state index is 12.0. The molecule has 0 spiro atoms. The van der Waals surface area contributed by atoms with Crippen molar-refractivity contribution in [2.24, 2.45) is 4.99 Å². The monoisotopic (exact) mass is 404 g/mol. The van der Waals surface area contributed by atoms with E-state index in [4.69, 9.17) is 21.1 Å². The molecule has 2 saturated heterocycles. The third-order valence-corrected chi connectivity index (χ3v) is 7.40. The quantitative estimate of drug-likeness (QED) is 0.753. The number of methoxy groups -OCH3 is 2. The molecule has 0 bridgehead atoms. The molecule has 0 aromatic heterocycles. The second kappa shape index (κ2) is 7.14. The molecule has 7 nitrogen and oxygen atoms in total. The van der Waals surface area contributed by atoms with Crippen LogP contribution in [-0.4, -0.2) is 63.1 Å². The van der Waals surface area contributed by atoms with Crippen LogP contribution in [0.25, 0.3) is 0 Å². The molecule has 0 aliphatic carbocycles. The maximum absolute atomic E-state index is 12.0. The summed E-state index contributed by atoms with van der Waals surface area (Å²) in [6.07, 6.45) is 0. The SMILES string of the molecule is COCC(=O)N=C1SC2CS(=O)(=O)CC2N1c1cc(Cl)ccc1OC. The fraction of sp³-hybridized carbons (Fsp3) is 0.467. The molecule has 2 atom stereocenters. The number of aliphatic imine (C=N–C) groups is 1. The minimum absolute atomic E-state index is 0.00216. The van der Waals surface area contributed by atoms with Gasteiger partial charge in [-0.2, -0.15) is 4.99 Å². The van der Waals surface area contributed by atoms with Crippen molar-refractivity contribution in [2.45, 2.75) is 11.3 Å². The molecule has 0 saturated carbocycles. The zero-order valence-corrected chi connectivity index (χ0v) is 16.0. The Morgan fingerprint density at radius 1 is 1.40 bits per heavy atom. The van der Waals surface area contributed by atoms with E-state index in [0.29, 0.717) is 21.6 Å². The average Bonchev–Trinajstić information content (AvgIpc) is 2.98. The van der Waals surface area contributed by atoms with E-state index in [-0.39, 0.29) is 29.4 Å². The lowest BCUT2D eigenvalue weighted by Crippen LogP contribution is -2.38. The van der Waals surface area contributed by atoms with Gasteiger partial charge >= 0.3 is 0 Å². The number of hydrogen-bond acceptors (Lipinski definition) is 6. The highest BCUT2D eigenvalue weighted by Crippen LogP contribution is 2.44. The topological polar surface area (TPSA) is 85.3 Å². The van der Waals surface area contributed by atoms with E-state index in [9.17, 15) is 13.2 Å². The first-order chi connectivity index (χ1) is 11.8. The number of halogens is 1. The minimum atomic E-state index is -3.14. The van der Waals surface area contributed by atoms with Gasteiger partial charge in [-0.3, -0.25) is 4.79 Å². The highest BCUT2D eigenvalue weighted by Gasteiger charge is 2.50. The molecule has 1 aromatic carbocycles. The summed E-state index contributed by atoms with van der Waals surface area (Å²) in [5.41, 5.74) is 0.594. The third kappa shape index (κ3) is 3.79. The first-order valence-corrected chi connectivity index (χ1v) is 10.5. The van der Waals surface area contributed by atoms with Crippen LogP contribution in [0.3, 0.4) is 0 Å². The second-order valence-corrected chi connectivity index (χ2v) is 9.50. The Morgan fingerprint density at radius 3 is 2.84 bits per heavy atom. The van der Waals surface area contributed by atoms with E-state index in [0.717, 1.165) is 0 Å². The van der Waals surface area contributed by atoms with E-state index in [1.54, 1.807) is 23.1 Å². The Balaban J connectivity index is 2.07. The van der Waals surface area contributed by atoms with Gasteiger partial charge in [-0.05, 0) is 18.2 Å². The van der Waals surface area contributed by atoms with Gasteiger partial charge in [0.25, 0.3) is 5.91 Å². The average molecular weight is 405 g/mol. The summed E-state index contributed by atoms with van der Waals surface area (Å²) in [6.45, 7) is -0.141. The number of rotatable bonds is 4. The molecule has 1 aromatic rings. The highest BCUT2D eigenvalue weighted by atomic mass is 35.5. The number of nitrogens with zero attached hydrogens (tertiary/aromatic N) is 2. The fourth-order valence-electron chi connectivity index (χ4n) is 2.96. The number of carbonyl (C=O) groups is 1. The van der Waals surface area contributed by atoms with Crippen LogP contribution in [0.2, 0.25) is 5.02 Å². The lowest BCUT2D eigenvalue weighted by Gasteiger charge is -2.26.